The molecule has 30 heavy (non-hydrogen) atoms. The first-order valence-corrected chi connectivity index (χ1v) is 11.4. The minimum Gasteiger partial charge on any atom is -0.476 e. The van der Waals surface area contributed by atoms with Gasteiger partial charge in [0.2, 0.25) is 0 Å². The summed E-state index contributed by atoms with van der Waals surface area (Å²) in [6, 6.07) is 15.0. The largest absolute Gasteiger partial charge is 0.476 e. The fraction of sp³-hybridized carbons (Fsp3) is 0.360. The average molecular weight is 429 g/mol. The average Bonchev–Trinajstić information content (AvgIpc) is 2.76. The second-order valence-corrected chi connectivity index (χ2v) is 7.56. The molecule has 0 aliphatic heterocycles. The zero-order chi connectivity index (χ0) is 22.6. The number of carbonyl (C=O) groups excluding carboxylic acids is 2. The minimum atomic E-state index is -1.05. The highest BCUT2D eigenvalue weighted by Gasteiger charge is 2.31. The van der Waals surface area contributed by atoms with Gasteiger partial charge in [-0.05, 0) is 81.5 Å². The van der Waals surface area contributed by atoms with Gasteiger partial charge < -0.3 is 9.47 Å². The monoisotopic (exact) mass is 428 g/mol. The Morgan fingerprint density at radius 2 is 1.60 bits per heavy atom. The van der Waals surface area contributed by atoms with Gasteiger partial charge in [-0.25, -0.2) is 4.79 Å². The number of hydrogen-bond acceptors (Lipinski definition) is 5. The fourth-order valence-corrected chi connectivity index (χ4v) is 2.90. The maximum atomic E-state index is 12.2. The number of allylic oxidation sites excluding steroid dienone is 2. The smallest absolute Gasteiger partial charge is 0.349 e. The molecule has 2 aromatic rings. The van der Waals surface area contributed by atoms with Gasteiger partial charge in [-0.15, -0.1) is 11.8 Å². The van der Waals surface area contributed by atoms with Gasteiger partial charge >= 0.3 is 5.97 Å². The Morgan fingerprint density at radius 3 is 2.13 bits per heavy atom. The summed E-state index contributed by atoms with van der Waals surface area (Å²) in [6.45, 7) is 9.44. The van der Waals surface area contributed by atoms with Gasteiger partial charge in [-0.1, -0.05) is 32.1 Å². The predicted octanol–water partition coefficient (Wildman–Crippen LogP) is 6.14. The fourth-order valence-electron chi connectivity index (χ4n) is 2.49. The number of esters is 1. The van der Waals surface area contributed by atoms with Crippen LogP contribution in [0.2, 0.25) is 0 Å². The van der Waals surface area contributed by atoms with Gasteiger partial charge in [0, 0.05) is 10.5 Å². The lowest BCUT2D eigenvalue weighted by Crippen LogP contribution is -2.39. The molecule has 0 bridgehead atoms. The lowest BCUT2D eigenvalue weighted by molar-refractivity contribution is -0.158. The van der Waals surface area contributed by atoms with E-state index in [1.807, 2.05) is 74.7 Å². The maximum absolute atomic E-state index is 12.2. The van der Waals surface area contributed by atoms with E-state index in [0.29, 0.717) is 24.3 Å². The van der Waals surface area contributed by atoms with Crippen molar-refractivity contribution in [2.75, 3.05) is 12.9 Å². The van der Waals surface area contributed by atoms with E-state index in [4.69, 9.17) is 9.47 Å². The summed E-state index contributed by atoms with van der Waals surface area (Å²) in [5.74, 6) is 0.186. The van der Waals surface area contributed by atoms with Crippen molar-refractivity contribution in [3.05, 3.63) is 71.8 Å². The zero-order valence-electron chi connectivity index (χ0n) is 18.7. The Morgan fingerprint density at radius 1 is 1.00 bits per heavy atom. The first-order valence-electron chi connectivity index (χ1n) is 10.2. The van der Waals surface area contributed by atoms with E-state index in [1.54, 1.807) is 38.6 Å². The molecule has 5 heteroatoms. The zero-order valence-corrected chi connectivity index (χ0v) is 19.5. The van der Waals surface area contributed by atoms with Gasteiger partial charge in [0.05, 0.1) is 6.61 Å². The summed E-state index contributed by atoms with van der Waals surface area (Å²) >= 11 is 1.65. The second-order valence-electron chi connectivity index (χ2n) is 6.68. The van der Waals surface area contributed by atoms with Crippen LogP contribution >= 0.6 is 11.8 Å². The van der Waals surface area contributed by atoms with Crippen LogP contribution in [0.25, 0.3) is 0 Å². The van der Waals surface area contributed by atoms with Crippen LogP contribution in [0.4, 0.5) is 0 Å². The van der Waals surface area contributed by atoms with E-state index in [-0.39, 0.29) is 5.78 Å². The lowest BCUT2D eigenvalue weighted by Gasteiger charge is -2.24. The number of hydrogen-bond donors (Lipinski definition) is 0. The number of benzene rings is 2. The predicted molar refractivity (Wildman–Crippen MR) is 125 cm³/mol. The van der Waals surface area contributed by atoms with Crippen molar-refractivity contribution in [2.45, 2.75) is 51.5 Å². The third-order valence-electron chi connectivity index (χ3n) is 4.06. The summed E-state index contributed by atoms with van der Waals surface area (Å²) < 4.78 is 10.8. The molecule has 0 saturated carbocycles. The molecule has 0 radical (unpaired) electrons. The van der Waals surface area contributed by atoms with Crippen LogP contribution in [0.1, 0.15) is 50.5 Å². The molecular formula is C25H32O4S. The SMILES string of the molecule is CC.CCOC(=O)C(C)(C)Oc1ccc(C/C=C/C(=O)c2ccc(SC)cc2)cc1. The van der Waals surface area contributed by atoms with E-state index < -0.39 is 11.6 Å². The molecule has 0 amide bonds. The lowest BCUT2D eigenvalue weighted by atomic mass is 10.1. The molecule has 0 aliphatic rings. The Bertz CT molecular complexity index is 821. The number of rotatable bonds is 9. The highest BCUT2D eigenvalue weighted by atomic mass is 32.2. The quantitative estimate of drug-likeness (QED) is 0.208. The molecule has 4 nitrogen and oxygen atoms in total. The Labute approximate surface area is 184 Å². The van der Waals surface area contributed by atoms with Crippen molar-refractivity contribution in [1.82, 2.24) is 0 Å². The molecule has 0 N–H and O–H groups in total. The molecule has 0 unspecified atom stereocenters. The highest BCUT2D eigenvalue weighted by Crippen LogP contribution is 2.21. The third-order valence-corrected chi connectivity index (χ3v) is 4.80. The molecular weight excluding hydrogens is 396 g/mol. The van der Waals surface area contributed by atoms with Crippen LogP contribution in [0.3, 0.4) is 0 Å². The van der Waals surface area contributed by atoms with Crippen LogP contribution in [0, 0.1) is 0 Å². The Balaban J connectivity index is 0.00000218. The van der Waals surface area contributed by atoms with Crippen molar-refractivity contribution in [2.24, 2.45) is 0 Å². The number of ketones is 1. The third kappa shape index (κ3) is 8.07. The van der Waals surface area contributed by atoms with Gasteiger partial charge in [0.15, 0.2) is 11.4 Å². The molecule has 0 aliphatic carbocycles. The molecule has 0 saturated heterocycles. The van der Waals surface area contributed by atoms with Crippen LogP contribution < -0.4 is 4.74 Å². The topological polar surface area (TPSA) is 52.6 Å². The molecule has 0 spiro atoms. The number of ether oxygens (including phenoxy) is 2. The van der Waals surface area contributed by atoms with Crippen molar-refractivity contribution in [3.8, 4) is 5.75 Å². The van der Waals surface area contributed by atoms with E-state index in [2.05, 4.69) is 0 Å². The molecule has 2 rings (SSSR count). The van der Waals surface area contributed by atoms with Gasteiger partial charge in [-0.2, -0.15) is 0 Å². The molecule has 0 heterocycles. The number of thioether (sulfide) groups is 1. The second kappa shape index (κ2) is 12.9. The van der Waals surface area contributed by atoms with Crippen molar-refractivity contribution < 1.29 is 19.1 Å². The van der Waals surface area contributed by atoms with Crippen molar-refractivity contribution >= 4 is 23.5 Å². The molecule has 0 fully saturated rings. The van der Waals surface area contributed by atoms with Gasteiger partial charge in [-0.3, -0.25) is 4.79 Å². The van der Waals surface area contributed by atoms with Crippen LogP contribution in [-0.4, -0.2) is 30.2 Å². The summed E-state index contributed by atoms with van der Waals surface area (Å²) in [7, 11) is 0. The Kier molecular flexibility index (Phi) is 11.0. The molecule has 0 atom stereocenters. The normalized spacial score (nSPS) is 10.9. The molecule has 162 valence electrons. The summed E-state index contributed by atoms with van der Waals surface area (Å²) in [4.78, 5) is 25.2. The van der Waals surface area contributed by atoms with Crippen LogP contribution in [0.5, 0.6) is 5.75 Å². The summed E-state index contributed by atoms with van der Waals surface area (Å²) in [5.41, 5.74) is 0.678. The highest BCUT2D eigenvalue weighted by molar-refractivity contribution is 7.98. The summed E-state index contributed by atoms with van der Waals surface area (Å²) in [5, 5.41) is 0. The van der Waals surface area contributed by atoms with Gasteiger partial charge in [0.25, 0.3) is 0 Å². The van der Waals surface area contributed by atoms with E-state index in [1.165, 1.54) is 0 Å². The minimum absolute atomic E-state index is 0.0104. The van der Waals surface area contributed by atoms with Gasteiger partial charge in [0.1, 0.15) is 5.75 Å². The maximum Gasteiger partial charge on any atom is 0.349 e. The Hall–Kier alpha value is -2.53. The van der Waals surface area contributed by atoms with E-state index >= 15 is 0 Å². The summed E-state index contributed by atoms with van der Waals surface area (Å²) in [6.07, 6.45) is 6.09. The van der Waals surface area contributed by atoms with E-state index in [0.717, 1.165) is 10.5 Å². The molecule has 0 aromatic heterocycles. The van der Waals surface area contributed by atoms with E-state index in [9.17, 15) is 9.59 Å². The first kappa shape index (κ1) is 25.5. The van der Waals surface area contributed by atoms with Crippen LogP contribution in [0.15, 0.2) is 65.6 Å². The first-order chi connectivity index (χ1) is 14.4. The van der Waals surface area contributed by atoms with Crippen molar-refractivity contribution in [3.63, 3.8) is 0 Å². The van der Waals surface area contributed by atoms with Crippen molar-refractivity contribution in [1.29, 1.82) is 0 Å². The number of carbonyl (C=O) groups is 2. The van der Waals surface area contributed by atoms with Crippen LogP contribution in [-0.2, 0) is 16.0 Å². The standard InChI is InChI=1S/C23H26O4S.C2H6/c1-5-26-22(25)23(2,3)27-19-13-9-17(10-14-19)7-6-8-21(24)18-11-15-20(28-4)16-12-18;1-2/h6,8-16H,5,7H2,1-4H3;1-2H3/b8-6+;. The molecule has 2 aromatic carbocycles.